The maximum atomic E-state index is 5.41. The van der Waals surface area contributed by atoms with E-state index in [0.717, 1.165) is 13.2 Å². The summed E-state index contributed by atoms with van der Waals surface area (Å²) in [4.78, 5) is 0. The van der Waals surface area contributed by atoms with E-state index in [1.807, 2.05) is 13.8 Å². The van der Waals surface area contributed by atoms with Gasteiger partial charge in [-0.1, -0.05) is 0 Å². The molecule has 0 saturated carbocycles. The third kappa shape index (κ3) is 2.91. The zero-order chi connectivity index (χ0) is 9.26. The molecular formula is C9H16O4. The molecule has 4 heteroatoms. The SMILES string of the molecule is CC(OCOC(C)C1CO1)C1CO1. The van der Waals surface area contributed by atoms with Crippen LogP contribution in [-0.4, -0.2) is 44.4 Å². The first-order valence-electron chi connectivity index (χ1n) is 4.74. The lowest BCUT2D eigenvalue weighted by molar-refractivity contribution is -0.118. The fourth-order valence-corrected chi connectivity index (χ4v) is 1.12. The molecule has 2 aliphatic heterocycles. The largest absolute Gasteiger partial charge is 0.370 e. The maximum absolute atomic E-state index is 5.41. The lowest BCUT2D eigenvalue weighted by Crippen LogP contribution is -2.22. The molecule has 0 aromatic carbocycles. The first-order valence-corrected chi connectivity index (χ1v) is 4.74. The molecule has 13 heavy (non-hydrogen) atoms. The van der Waals surface area contributed by atoms with Gasteiger partial charge in [-0.15, -0.1) is 0 Å². The van der Waals surface area contributed by atoms with Crippen LogP contribution < -0.4 is 0 Å². The summed E-state index contributed by atoms with van der Waals surface area (Å²) in [6.07, 6.45) is 0.867. The molecule has 76 valence electrons. The van der Waals surface area contributed by atoms with E-state index < -0.39 is 0 Å². The smallest absolute Gasteiger partial charge is 0.147 e. The van der Waals surface area contributed by atoms with E-state index in [-0.39, 0.29) is 24.4 Å². The summed E-state index contributed by atoms with van der Waals surface area (Å²) >= 11 is 0. The zero-order valence-corrected chi connectivity index (χ0v) is 8.06. The summed E-state index contributed by atoms with van der Waals surface area (Å²) < 4.78 is 21.0. The number of epoxide rings is 2. The summed E-state index contributed by atoms with van der Waals surface area (Å²) in [6, 6.07) is 0. The van der Waals surface area contributed by atoms with Crippen molar-refractivity contribution in [2.24, 2.45) is 0 Å². The van der Waals surface area contributed by atoms with Gasteiger partial charge in [0.05, 0.1) is 25.4 Å². The fourth-order valence-electron chi connectivity index (χ4n) is 1.12. The van der Waals surface area contributed by atoms with Crippen molar-refractivity contribution in [1.29, 1.82) is 0 Å². The van der Waals surface area contributed by atoms with Crippen LogP contribution in [0.15, 0.2) is 0 Å². The second-order valence-corrected chi connectivity index (χ2v) is 3.60. The lowest BCUT2D eigenvalue weighted by Gasteiger charge is -2.13. The Hall–Kier alpha value is -0.160. The van der Waals surface area contributed by atoms with Gasteiger partial charge < -0.3 is 18.9 Å². The average molecular weight is 188 g/mol. The van der Waals surface area contributed by atoms with E-state index in [9.17, 15) is 0 Å². The first kappa shape index (κ1) is 9.40. The molecular weight excluding hydrogens is 172 g/mol. The van der Waals surface area contributed by atoms with Crippen LogP contribution in [0, 0.1) is 0 Å². The van der Waals surface area contributed by atoms with Gasteiger partial charge in [-0.25, -0.2) is 0 Å². The molecule has 0 bridgehead atoms. The number of rotatable bonds is 6. The molecule has 2 fully saturated rings. The van der Waals surface area contributed by atoms with Crippen LogP contribution in [0.25, 0.3) is 0 Å². The Morgan fingerprint density at radius 2 is 1.46 bits per heavy atom. The van der Waals surface area contributed by atoms with Crippen LogP contribution in [0.3, 0.4) is 0 Å². The molecule has 0 N–H and O–H groups in total. The molecule has 4 nitrogen and oxygen atoms in total. The normalized spacial score (nSPS) is 35.5. The van der Waals surface area contributed by atoms with Crippen molar-refractivity contribution in [3.8, 4) is 0 Å². The molecule has 0 aromatic rings. The van der Waals surface area contributed by atoms with Crippen LogP contribution in [0.4, 0.5) is 0 Å². The predicted octanol–water partition coefficient (Wildman–Crippen LogP) is 0.552. The highest BCUT2D eigenvalue weighted by Crippen LogP contribution is 2.18. The topological polar surface area (TPSA) is 43.5 Å². The Morgan fingerprint density at radius 3 is 1.77 bits per heavy atom. The third-order valence-electron chi connectivity index (χ3n) is 2.43. The Labute approximate surface area is 78.1 Å². The summed E-state index contributed by atoms with van der Waals surface area (Å²) in [7, 11) is 0. The van der Waals surface area contributed by atoms with Gasteiger partial charge >= 0.3 is 0 Å². The standard InChI is InChI=1S/C9H16O4/c1-6(8-3-10-8)12-5-13-7(2)9-4-11-9/h6-9H,3-5H2,1-2H3. The van der Waals surface area contributed by atoms with Crippen LogP contribution in [0.5, 0.6) is 0 Å². The average Bonchev–Trinajstić information content (AvgIpc) is 2.95. The number of hydrogen-bond donors (Lipinski definition) is 0. The summed E-state index contributed by atoms with van der Waals surface area (Å²) in [5.74, 6) is 0. The second-order valence-electron chi connectivity index (χ2n) is 3.60. The van der Waals surface area contributed by atoms with Crippen LogP contribution in [0.1, 0.15) is 13.8 Å². The Bertz CT molecular complexity index is 147. The maximum Gasteiger partial charge on any atom is 0.147 e. The van der Waals surface area contributed by atoms with E-state index in [4.69, 9.17) is 18.9 Å². The number of hydrogen-bond acceptors (Lipinski definition) is 4. The van der Waals surface area contributed by atoms with E-state index in [0.29, 0.717) is 6.79 Å². The molecule has 0 amide bonds. The third-order valence-corrected chi connectivity index (χ3v) is 2.43. The molecule has 0 aliphatic carbocycles. The van der Waals surface area contributed by atoms with E-state index in [1.165, 1.54) is 0 Å². The predicted molar refractivity (Wildman–Crippen MR) is 45.4 cm³/mol. The highest BCUT2D eigenvalue weighted by molar-refractivity contribution is 4.77. The van der Waals surface area contributed by atoms with Gasteiger partial charge in [0.2, 0.25) is 0 Å². The van der Waals surface area contributed by atoms with Crippen molar-refractivity contribution >= 4 is 0 Å². The molecule has 0 aromatic heterocycles. The van der Waals surface area contributed by atoms with Crippen LogP contribution >= 0.6 is 0 Å². The van der Waals surface area contributed by atoms with Gasteiger partial charge in [0.15, 0.2) is 0 Å². The van der Waals surface area contributed by atoms with Crippen molar-refractivity contribution in [2.75, 3.05) is 20.0 Å². The van der Waals surface area contributed by atoms with Gasteiger partial charge in [-0.2, -0.15) is 0 Å². The minimum Gasteiger partial charge on any atom is -0.370 e. The minimum absolute atomic E-state index is 0.146. The van der Waals surface area contributed by atoms with E-state index in [2.05, 4.69) is 0 Å². The molecule has 4 unspecified atom stereocenters. The van der Waals surface area contributed by atoms with Gasteiger partial charge in [0, 0.05) is 0 Å². The lowest BCUT2D eigenvalue weighted by atomic mass is 10.3. The summed E-state index contributed by atoms with van der Waals surface area (Å²) in [5.41, 5.74) is 0. The Morgan fingerprint density at radius 1 is 1.08 bits per heavy atom. The number of ether oxygens (including phenoxy) is 4. The summed E-state index contributed by atoms with van der Waals surface area (Å²) in [6.45, 7) is 5.98. The summed E-state index contributed by atoms with van der Waals surface area (Å²) in [5, 5.41) is 0. The van der Waals surface area contributed by atoms with Crippen molar-refractivity contribution in [2.45, 2.75) is 38.3 Å². The zero-order valence-electron chi connectivity index (χ0n) is 8.06. The van der Waals surface area contributed by atoms with Gasteiger partial charge in [-0.3, -0.25) is 0 Å². The highest BCUT2D eigenvalue weighted by atomic mass is 16.7. The molecule has 0 spiro atoms. The Kier molecular flexibility index (Phi) is 2.83. The quantitative estimate of drug-likeness (QED) is 0.451. The van der Waals surface area contributed by atoms with Gasteiger partial charge in [0.1, 0.15) is 19.0 Å². The van der Waals surface area contributed by atoms with Crippen LogP contribution in [0.2, 0.25) is 0 Å². The molecule has 2 rings (SSSR count). The fraction of sp³-hybridized carbons (Fsp3) is 1.00. The van der Waals surface area contributed by atoms with E-state index in [1.54, 1.807) is 0 Å². The Balaban J connectivity index is 1.51. The van der Waals surface area contributed by atoms with Gasteiger partial charge in [0.25, 0.3) is 0 Å². The van der Waals surface area contributed by atoms with Crippen molar-refractivity contribution in [3.05, 3.63) is 0 Å². The molecule has 4 atom stereocenters. The van der Waals surface area contributed by atoms with Crippen LogP contribution in [-0.2, 0) is 18.9 Å². The van der Waals surface area contributed by atoms with Crippen molar-refractivity contribution in [1.82, 2.24) is 0 Å². The minimum atomic E-state index is 0.146. The molecule has 2 heterocycles. The van der Waals surface area contributed by atoms with Crippen molar-refractivity contribution < 1.29 is 18.9 Å². The van der Waals surface area contributed by atoms with Crippen molar-refractivity contribution in [3.63, 3.8) is 0 Å². The molecule has 2 aliphatic rings. The highest BCUT2D eigenvalue weighted by Gasteiger charge is 2.32. The first-order chi connectivity index (χ1) is 6.27. The second kappa shape index (κ2) is 3.92. The van der Waals surface area contributed by atoms with Gasteiger partial charge in [-0.05, 0) is 13.8 Å². The molecule has 2 saturated heterocycles. The van der Waals surface area contributed by atoms with E-state index >= 15 is 0 Å². The molecule has 0 radical (unpaired) electrons. The monoisotopic (exact) mass is 188 g/mol.